The molecule has 0 bridgehead atoms. The number of imidazole rings is 1. The summed E-state index contributed by atoms with van der Waals surface area (Å²) in [6.45, 7) is 4.93. The highest BCUT2D eigenvalue weighted by Gasteiger charge is 2.60. The maximum Gasteiger partial charge on any atom is 0.274 e. The molecule has 6 rings (SSSR count). The van der Waals surface area contributed by atoms with E-state index in [4.69, 9.17) is 10.2 Å². The Hall–Kier alpha value is -2.67. The van der Waals surface area contributed by atoms with E-state index in [0.717, 1.165) is 41.5 Å². The van der Waals surface area contributed by atoms with Gasteiger partial charge < -0.3 is 9.88 Å². The van der Waals surface area contributed by atoms with Gasteiger partial charge in [-0.05, 0) is 91.9 Å². The molecule has 3 N–H and O–H groups in total. The van der Waals surface area contributed by atoms with Gasteiger partial charge in [0.05, 0.1) is 11.0 Å². The topological polar surface area (TPSA) is 98.3 Å². The Labute approximate surface area is 206 Å². The Morgan fingerprint density at radius 3 is 2.83 bits per heavy atom. The molecule has 1 aromatic carbocycles. The van der Waals surface area contributed by atoms with Gasteiger partial charge in [0, 0.05) is 30.5 Å². The zero-order chi connectivity index (χ0) is 24.5. The van der Waals surface area contributed by atoms with Crippen molar-refractivity contribution in [1.29, 1.82) is 0 Å². The number of benzene rings is 1. The fourth-order valence-corrected chi connectivity index (χ4v) is 8.78. The number of rotatable bonds is 3. The Bertz CT molecular complexity index is 1220. The average molecular weight is 477 g/mol. The number of amides is 2. The van der Waals surface area contributed by atoms with Crippen LogP contribution in [0.15, 0.2) is 30.4 Å². The van der Waals surface area contributed by atoms with Crippen LogP contribution in [0.4, 0.5) is 0 Å². The molecule has 1 aromatic heterocycles. The van der Waals surface area contributed by atoms with Crippen molar-refractivity contribution in [2.45, 2.75) is 64.8 Å². The van der Waals surface area contributed by atoms with Gasteiger partial charge in [-0.15, -0.1) is 0 Å². The second-order valence-corrected chi connectivity index (χ2v) is 12.0. The molecule has 0 spiro atoms. The third kappa shape index (κ3) is 3.30. The van der Waals surface area contributed by atoms with E-state index in [-0.39, 0.29) is 11.3 Å². The fraction of sp³-hybridized carbons (Fsp3) is 0.607. The Morgan fingerprint density at radius 2 is 2.03 bits per heavy atom. The van der Waals surface area contributed by atoms with Crippen LogP contribution in [-0.2, 0) is 11.2 Å². The number of H-pyrrole nitrogens is 1. The quantitative estimate of drug-likeness (QED) is 0.449. The van der Waals surface area contributed by atoms with E-state index in [1.54, 1.807) is 17.6 Å². The monoisotopic (exact) mass is 476 g/mol. The van der Waals surface area contributed by atoms with Crippen molar-refractivity contribution in [1.82, 2.24) is 20.3 Å². The molecule has 3 saturated carbocycles. The lowest BCUT2D eigenvalue weighted by atomic mass is 9.47. The Kier molecular flexibility index (Phi) is 5.15. The number of aromatic nitrogens is 2. The molecule has 3 aliphatic carbocycles. The van der Waals surface area contributed by atoms with Gasteiger partial charge in [-0.3, -0.25) is 14.8 Å². The van der Waals surface area contributed by atoms with E-state index in [1.807, 2.05) is 24.1 Å². The lowest BCUT2D eigenvalue weighted by Crippen LogP contribution is -2.59. The van der Waals surface area contributed by atoms with Crippen LogP contribution in [0.2, 0.25) is 0 Å². The largest absolute Gasteiger partial charge is 0.342 e. The predicted molar refractivity (Wildman–Crippen MR) is 133 cm³/mol. The van der Waals surface area contributed by atoms with Crippen LogP contribution in [0.1, 0.15) is 68.6 Å². The lowest BCUT2D eigenvalue weighted by Gasteiger charge is -2.60. The van der Waals surface area contributed by atoms with E-state index in [9.17, 15) is 9.59 Å². The standard InChI is InChI=1S/C28H36N4O3/c1-27-12-10-20-18(6-9-23-28(20,2)13-11-25(33)32(23)3)19(27)7-5-17(27)15-24-29-21-8-4-16(26(34)31-35)14-22(21)30-24/h4,8,11,13-14,17-20,23,35H,5-7,9-10,12,15H2,1-3H3,(H,29,30)(H,31,34)/t17-,18+,19+,20+,23-,27-,28-/m1/s1. The zero-order valence-electron chi connectivity index (χ0n) is 20.9. The van der Waals surface area contributed by atoms with Crippen molar-refractivity contribution in [2.75, 3.05) is 7.05 Å². The van der Waals surface area contributed by atoms with Crippen LogP contribution < -0.4 is 5.48 Å². The van der Waals surface area contributed by atoms with Crippen LogP contribution in [0, 0.1) is 34.5 Å². The summed E-state index contributed by atoms with van der Waals surface area (Å²) in [5, 5.41) is 8.93. The number of carbonyl (C=O) groups is 2. The highest BCUT2D eigenvalue weighted by atomic mass is 16.5. The van der Waals surface area contributed by atoms with E-state index >= 15 is 0 Å². The number of likely N-dealkylation sites (N-methyl/N-ethyl adjacent to an activating group) is 1. The maximum absolute atomic E-state index is 12.3. The average Bonchev–Trinajstić information content (AvgIpc) is 3.41. The Morgan fingerprint density at radius 1 is 1.20 bits per heavy atom. The molecule has 7 nitrogen and oxygen atoms in total. The highest BCUT2D eigenvalue weighted by molar-refractivity contribution is 5.96. The number of aromatic amines is 1. The van der Waals surface area contributed by atoms with Gasteiger partial charge in [0.25, 0.3) is 5.91 Å². The van der Waals surface area contributed by atoms with Crippen LogP contribution >= 0.6 is 0 Å². The van der Waals surface area contributed by atoms with Crippen molar-refractivity contribution < 1.29 is 14.8 Å². The van der Waals surface area contributed by atoms with Crippen molar-refractivity contribution in [3.63, 3.8) is 0 Å². The van der Waals surface area contributed by atoms with Gasteiger partial charge in [-0.25, -0.2) is 10.5 Å². The normalized spacial score (nSPS) is 38.2. The van der Waals surface area contributed by atoms with Crippen LogP contribution in [0.25, 0.3) is 11.0 Å². The summed E-state index contributed by atoms with van der Waals surface area (Å²) >= 11 is 0. The summed E-state index contributed by atoms with van der Waals surface area (Å²) in [5.41, 5.74) is 4.19. The number of hydrogen-bond donors (Lipinski definition) is 3. The second kappa shape index (κ2) is 7.92. The first-order valence-electron chi connectivity index (χ1n) is 13.1. The minimum absolute atomic E-state index is 0.0856. The minimum atomic E-state index is -0.516. The maximum atomic E-state index is 12.3. The van der Waals surface area contributed by atoms with Gasteiger partial charge in [0.1, 0.15) is 5.82 Å². The Balaban J connectivity index is 1.23. The SMILES string of the molecule is CN1C(=O)C=C[C@]2(C)[C@H]3CC[C@]4(C)[C@@H](Cc5nc6ccc(C(=O)NO)cc6[nH]5)CC[C@H]4[C@@H]3CC[C@@H]12. The van der Waals surface area contributed by atoms with Crippen molar-refractivity contribution in [3.8, 4) is 0 Å². The number of nitrogens with one attached hydrogen (secondary N) is 2. The molecule has 3 fully saturated rings. The molecule has 1 aliphatic heterocycles. The van der Waals surface area contributed by atoms with Crippen molar-refractivity contribution in [3.05, 3.63) is 41.7 Å². The smallest absolute Gasteiger partial charge is 0.274 e. The van der Waals surface area contributed by atoms with Gasteiger partial charge >= 0.3 is 0 Å². The molecule has 2 aromatic rings. The van der Waals surface area contributed by atoms with E-state index in [1.165, 1.54) is 32.1 Å². The molecule has 4 aliphatic rings. The minimum Gasteiger partial charge on any atom is -0.342 e. The number of carbonyl (C=O) groups excluding carboxylic acids is 2. The van der Waals surface area contributed by atoms with Gasteiger partial charge in [-0.2, -0.15) is 0 Å². The van der Waals surface area contributed by atoms with Crippen molar-refractivity contribution >= 4 is 22.8 Å². The van der Waals surface area contributed by atoms with E-state index in [2.05, 4.69) is 24.9 Å². The number of hydroxylamine groups is 1. The molecule has 0 saturated heterocycles. The summed E-state index contributed by atoms with van der Waals surface area (Å²) in [6, 6.07) is 5.61. The predicted octanol–water partition coefficient (Wildman–Crippen LogP) is 4.48. The summed E-state index contributed by atoms with van der Waals surface area (Å²) in [6.07, 6.45) is 12.3. The lowest BCUT2D eigenvalue weighted by molar-refractivity contribution is -0.138. The van der Waals surface area contributed by atoms with Crippen molar-refractivity contribution in [2.24, 2.45) is 34.5 Å². The summed E-state index contributed by atoms with van der Waals surface area (Å²) in [7, 11) is 1.99. The molecule has 7 atom stereocenters. The molecular weight excluding hydrogens is 440 g/mol. The summed E-state index contributed by atoms with van der Waals surface area (Å²) < 4.78 is 0. The fourth-order valence-electron chi connectivity index (χ4n) is 8.78. The van der Waals surface area contributed by atoms with Gasteiger partial charge in [-0.1, -0.05) is 19.9 Å². The molecule has 2 heterocycles. The zero-order valence-corrected chi connectivity index (χ0v) is 20.9. The van der Waals surface area contributed by atoms with Gasteiger partial charge in [0.2, 0.25) is 5.91 Å². The first-order valence-corrected chi connectivity index (χ1v) is 13.1. The molecule has 35 heavy (non-hydrogen) atoms. The molecule has 0 radical (unpaired) electrons. The molecule has 186 valence electrons. The number of hydrogen-bond acceptors (Lipinski definition) is 4. The highest BCUT2D eigenvalue weighted by Crippen LogP contribution is 2.65. The third-order valence-electron chi connectivity index (χ3n) is 10.7. The third-order valence-corrected chi connectivity index (χ3v) is 10.7. The number of fused-ring (bicyclic) bond motifs is 6. The molecule has 2 amide bonds. The number of nitrogens with zero attached hydrogens (tertiary/aromatic N) is 2. The second-order valence-electron chi connectivity index (χ2n) is 12.0. The molecule has 0 unspecified atom stereocenters. The van der Waals surface area contributed by atoms with Crippen LogP contribution in [0.5, 0.6) is 0 Å². The first kappa shape index (κ1) is 22.8. The molecule has 7 heteroatoms. The summed E-state index contributed by atoms with van der Waals surface area (Å²) in [5.74, 6) is 3.31. The van der Waals surface area contributed by atoms with Crippen LogP contribution in [0.3, 0.4) is 0 Å². The van der Waals surface area contributed by atoms with Gasteiger partial charge in [0.15, 0.2) is 0 Å². The van der Waals surface area contributed by atoms with E-state index in [0.29, 0.717) is 28.9 Å². The first-order chi connectivity index (χ1) is 16.7. The summed E-state index contributed by atoms with van der Waals surface area (Å²) in [4.78, 5) is 34.4. The molecular formula is C28H36N4O3. The van der Waals surface area contributed by atoms with E-state index < -0.39 is 5.91 Å². The van der Waals surface area contributed by atoms with Crippen LogP contribution in [-0.4, -0.2) is 45.0 Å².